The van der Waals surface area contributed by atoms with E-state index in [1.54, 1.807) is 30.3 Å². The molecule has 192 valence electrons. The van der Waals surface area contributed by atoms with Gasteiger partial charge in [-0.2, -0.15) is 0 Å². The number of amides is 1. The van der Waals surface area contributed by atoms with E-state index in [1.807, 2.05) is 0 Å². The van der Waals surface area contributed by atoms with Gasteiger partial charge < -0.3 is 15.0 Å². The van der Waals surface area contributed by atoms with Gasteiger partial charge in [0.05, 0.1) is 33.5 Å². The molecule has 14 heteroatoms. The number of anilines is 3. The summed E-state index contributed by atoms with van der Waals surface area (Å²) in [4.78, 5) is 36.3. The van der Waals surface area contributed by atoms with Gasteiger partial charge in [0.2, 0.25) is 0 Å². The molecule has 0 unspecified atom stereocenters. The third kappa shape index (κ3) is 5.82. The molecule has 0 radical (unpaired) electrons. The van der Waals surface area contributed by atoms with Crippen molar-refractivity contribution in [2.45, 2.75) is 4.90 Å². The second kappa shape index (κ2) is 10.6. The normalized spacial score (nSPS) is 13.6. The summed E-state index contributed by atoms with van der Waals surface area (Å²) >= 11 is 0. The number of para-hydroxylation sites is 1. The summed E-state index contributed by atoms with van der Waals surface area (Å²) in [6.45, 7) is 0.954. The first-order chi connectivity index (χ1) is 17.7. The minimum atomic E-state index is -3.88. The molecule has 1 fully saturated rings. The number of benzene rings is 3. The average molecular weight is 528 g/mol. The molecule has 0 spiro atoms. The van der Waals surface area contributed by atoms with Gasteiger partial charge in [0, 0.05) is 36.6 Å². The topological polar surface area (TPSA) is 174 Å². The number of nitro benzene ring substituents is 2. The van der Waals surface area contributed by atoms with E-state index in [9.17, 15) is 33.4 Å². The van der Waals surface area contributed by atoms with E-state index in [0.29, 0.717) is 5.69 Å². The van der Waals surface area contributed by atoms with Crippen LogP contribution in [0.1, 0.15) is 10.4 Å². The van der Waals surface area contributed by atoms with Crippen LogP contribution in [0.4, 0.5) is 28.4 Å². The lowest BCUT2D eigenvalue weighted by atomic mass is 10.1. The van der Waals surface area contributed by atoms with E-state index in [1.165, 1.54) is 29.2 Å². The zero-order valence-corrected chi connectivity index (χ0v) is 20.0. The SMILES string of the molecule is O=C(Nc1ccc(S(=O)(=O)Nc2ccccc2)cc1)c1cc([N+](=O)[O-])c(N2CCOCC2)c([N+](=O)[O-])c1. The highest BCUT2D eigenvalue weighted by Crippen LogP contribution is 2.39. The van der Waals surface area contributed by atoms with Crippen molar-refractivity contribution in [1.29, 1.82) is 0 Å². The maximum atomic E-state index is 12.9. The van der Waals surface area contributed by atoms with Crippen LogP contribution in [0, 0.1) is 20.2 Å². The quantitative estimate of drug-likeness (QED) is 0.329. The first kappa shape index (κ1) is 25.5. The predicted molar refractivity (Wildman–Crippen MR) is 134 cm³/mol. The van der Waals surface area contributed by atoms with E-state index in [-0.39, 0.29) is 48.1 Å². The maximum Gasteiger partial charge on any atom is 0.300 e. The van der Waals surface area contributed by atoms with Gasteiger partial charge in [-0.1, -0.05) is 18.2 Å². The molecule has 0 atom stereocenters. The fourth-order valence-corrected chi connectivity index (χ4v) is 4.82. The van der Waals surface area contributed by atoms with Gasteiger partial charge >= 0.3 is 0 Å². The van der Waals surface area contributed by atoms with Crippen LogP contribution in [0.25, 0.3) is 0 Å². The molecule has 4 rings (SSSR count). The fraction of sp³-hybridized carbons (Fsp3) is 0.174. The molecular formula is C23H21N5O8S. The lowest BCUT2D eigenvalue weighted by molar-refractivity contribution is -0.392. The van der Waals surface area contributed by atoms with Crippen LogP contribution in [0.3, 0.4) is 0 Å². The van der Waals surface area contributed by atoms with Crippen molar-refractivity contribution in [3.63, 3.8) is 0 Å². The number of nitro groups is 2. The van der Waals surface area contributed by atoms with Crippen molar-refractivity contribution in [3.8, 4) is 0 Å². The third-order valence-electron chi connectivity index (χ3n) is 5.50. The van der Waals surface area contributed by atoms with Gasteiger partial charge in [0.1, 0.15) is 0 Å². The number of carbonyl (C=O) groups excluding carboxylic acids is 1. The van der Waals surface area contributed by atoms with E-state index in [4.69, 9.17) is 4.74 Å². The van der Waals surface area contributed by atoms with E-state index in [2.05, 4.69) is 10.0 Å². The van der Waals surface area contributed by atoms with Gasteiger partial charge in [-0.05, 0) is 36.4 Å². The summed E-state index contributed by atoms with van der Waals surface area (Å²) in [7, 11) is -3.88. The Kier molecular flexibility index (Phi) is 7.31. The van der Waals surface area contributed by atoms with Crippen molar-refractivity contribution in [2.75, 3.05) is 41.2 Å². The molecule has 0 bridgehead atoms. The Hall–Kier alpha value is -4.56. The number of hydrogen-bond acceptors (Lipinski definition) is 9. The van der Waals surface area contributed by atoms with Crippen LogP contribution in [-0.2, 0) is 14.8 Å². The lowest BCUT2D eigenvalue weighted by Crippen LogP contribution is -2.37. The molecule has 3 aromatic carbocycles. The molecular weight excluding hydrogens is 506 g/mol. The number of rotatable bonds is 8. The smallest absolute Gasteiger partial charge is 0.300 e. The molecule has 1 amide bonds. The van der Waals surface area contributed by atoms with Crippen LogP contribution in [0.2, 0.25) is 0 Å². The third-order valence-corrected chi connectivity index (χ3v) is 6.90. The first-order valence-electron chi connectivity index (χ1n) is 10.9. The van der Waals surface area contributed by atoms with Gasteiger partial charge in [-0.15, -0.1) is 0 Å². The zero-order chi connectivity index (χ0) is 26.6. The maximum absolute atomic E-state index is 12.9. The summed E-state index contributed by atoms with van der Waals surface area (Å²) in [5, 5.41) is 26.0. The summed E-state index contributed by atoms with van der Waals surface area (Å²) in [5.41, 5.74) is -1.06. The minimum absolute atomic E-state index is 0.0597. The Morgan fingerprint density at radius 2 is 1.43 bits per heavy atom. The Labute approximate surface area is 211 Å². The minimum Gasteiger partial charge on any atom is -0.378 e. The number of carbonyl (C=O) groups is 1. The molecule has 0 saturated carbocycles. The fourth-order valence-electron chi connectivity index (χ4n) is 3.77. The molecule has 13 nitrogen and oxygen atoms in total. The van der Waals surface area contributed by atoms with Crippen molar-refractivity contribution < 1.29 is 27.8 Å². The molecule has 1 aliphatic rings. The summed E-state index contributed by atoms with van der Waals surface area (Å²) < 4.78 is 32.8. The number of nitrogens with zero attached hydrogens (tertiary/aromatic N) is 3. The Morgan fingerprint density at radius 1 is 0.865 bits per heavy atom. The molecule has 0 aromatic heterocycles. The van der Waals surface area contributed by atoms with Gasteiger partial charge in [-0.25, -0.2) is 8.42 Å². The highest BCUT2D eigenvalue weighted by atomic mass is 32.2. The molecule has 1 aliphatic heterocycles. The number of morpholine rings is 1. The van der Waals surface area contributed by atoms with Crippen LogP contribution >= 0.6 is 0 Å². The van der Waals surface area contributed by atoms with Gasteiger partial charge in [0.15, 0.2) is 5.69 Å². The second-order valence-corrected chi connectivity index (χ2v) is 9.61. The molecule has 37 heavy (non-hydrogen) atoms. The van der Waals surface area contributed by atoms with Crippen molar-refractivity contribution in [2.24, 2.45) is 0 Å². The van der Waals surface area contributed by atoms with Crippen molar-refractivity contribution in [1.82, 2.24) is 0 Å². The van der Waals surface area contributed by atoms with Crippen molar-refractivity contribution in [3.05, 3.63) is 92.5 Å². The Morgan fingerprint density at radius 3 is 1.97 bits per heavy atom. The number of hydrogen-bond donors (Lipinski definition) is 2. The standard InChI is InChI=1S/C23H21N5O8S/c29-23(24-17-6-8-19(9-7-17)37(34,35)25-18-4-2-1-3-5-18)16-14-20(27(30)31)22(21(15-16)28(32)33)26-10-12-36-13-11-26/h1-9,14-15,25H,10-13H2,(H,24,29). The molecule has 0 aliphatic carbocycles. The monoisotopic (exact) mass is 527 g/mol. The summed E-state index contributed by atoms with van der Waals surface area (Å²) in [5.74, 6) is -0.835. The molecule has 2 N–H and O–H groups in total. The number of nitrogens with one attached hydrogen (secondary N) is 2. The number of ether oxygens (including phenoxy) is 1. The van der Waals surface area contributed by atoms with E-state index < -0.39 is 37.2 Å². The van der Waals surface area contributed by atoms with Gasteiger partial charge in [-0.3, -0.25) is 29.7 Å². The largest absolute Gasteiger partial charge is 0.378 e. The lowest BCUT2D eigenvalue weighted by Gasteiger charge is -2.28. The molecule has 3 aromatic rings. The van der Waals surface area contributed by atoms with E-state index >= 15 is 0 Å². The molecule has 1 saturated heterocycles. The number of sulfonamides is 1. The van der Waals surface area contributed by atoms with Crippen LogP contribution < -0.4 is 14.9 Å². The summed E-state index contributed by atoms with van der Waals surface area (Å²) in [6, 6.07) is 15.5. The molecule has 1 heterocycles. The average Bonchev–Trinajstić information content (AvgIpc) is 2.89. The Bertz CT molecular complexity index is 1400. The van der Waals surface area contributed by atoms with Crippen LogP contribution in [0.15, 0.2) is 71.6 Å². The van der Waals surface area contributed by atoms with Gasteiger partial charge in [0.25, 0.3) is 27.3 Å². The summed E-state index contributed by atoms with van der Waals surface area (Å²) in [6.07, 6.45) is 0. The first-order valence-corrected chi connectivity index (χ1v) is 12.4. The van der Waals surface area contributed by atoms with Crippen LogP contribution in [0.5, 0.6) is 0 Å². The van der Waals surface area contributed by atoms with Crippen molar-refractivity contribution >= 4 is 44.4 Å². The second-order valence-electron chi connectivity index (χ2n) is 7.93. The highest BCUT2D eigenvalue weighted by molar-refractivity contribution is 7.92. The predicted octanol–water partition coefficient (Wildman–Crippen LogP) is 3.39. The highest BCUT2D eigenvalue weighted by Gasteiger charge is 2.33. The Balaban J connectivity index is 1.58. The van der Waals surface area contributed by atoms with Crippen LogP contribution in [-0.4, -0.2) is 50.5 Å². The van der Waals surface area contributed by atoms with E-state index in [0.717, 1.165) is 12.1 Å². The zero-order valence-electron chi connectivity index (χ0n) is 19.2.